The Bertz CT molecular complexity index is 688. The molecule has 0 aliphatic carbocycles. The average molecular weight is 320 g/mol. The predicted octanol–water partition coefficient (Wildman–Crippen LogP) is 3.50. The molecule has 1 aromatic carbocycles. The summed E-state index contributed by atoms with van der Waals surface area (Å²) in [6.07, 6.45) is -4.86. The van der Waals surface area contributed by atoms with Gasteiger partial charge in [0.25, 0.3) is 0 Å². The van der Waals surface area contributed by atoms with Crippen LogP contribution in [0.5, 0.6) is 5.75 Å². The maximum atomic E-state index is 12.2. The minimum atomic E-state index is -4.78. The normalized spacial score (nSPS) is 11.5. The summed E-state index contributed by atoms with van der Waals surface area (Å²) in [7, 11) is 1.24. The maximum Gasteiger partial charge on any atom is 0.573 e. The number of esters is 1. The molecular formula is C13H9ClF3NO3. The molecule has 1 aromatic heterocycles. The third-order valence-corrected chi connectivity index (χ3v) is 2.88. The molecule has 0 amide bonds. The number of hydrogen-bond acceptors (Lipinski definition) is 4. The molecule has 0 aliphatic rings. The summed E-state index contributed by atoms with van der Waals surface area (Å²) in [5, 5.41) is 0.471. The molecule has 0 fully saturated rings. The molecule has 2 aromatic rings. The Balaban J connectivity index is 2.39. The monoisotopic (exact) mass is 319 g/mol. The molecule has 112 valence electrons. The largest absolute Gasteiger partial charge is 0.573 e. The molecule has 4 nitrogen and oxygen atoms in total. The fraction of sp³-hybridized carbons (Fsp3) is 0.231. The number of benzene rings is 1. The highest BCUT2D eigenvalue weighted by Gasteiger charge is 2.31. The van der Waals surface area contributed by atoms with E-state index in [2.05, 4.69) is 14.5 Å². The van der Waals surface area contributed by atoms with Gasteiger partial charge in [0.05, 0.1) is 29.8 Å². The van der Waals surface area contributed by atoms with Crippen molar-refractivity contribution in [2.45, 2.75) is 12.8 Å². The molecule has 2 rings (SSSR count). The SMILES string of the molecule is COC(=O)Cc1cc(Cl)c2cc(OC(F)(F)F)ccc2n1. The second-order valence-corrected chi connectivity index (χ2v) is 4.48. The van der Waals surface area contributed by atoms with Crippen LogP contribution in [-0.2, 0) is 16.0 Å². The minimum absolute atomic E-state index is 0.0764. The first-order valence-electron chi connectivity index (χ1n) is 5.70. The van der Waals surface area contributed by atoms with Crippen LogP contribution in [0.1, 0.15) is 5.69 Å². The third-order valence-electron chi connectivity index (χ3n) is 2.57. The molecule has 0 aliphatic heterocycles. The summed E-state index contributed by atoms with van der Waals surface area (Å²) in [5.74, 6) is -0.880. The summed E-state index contributed by atoms with van der Waals surface area (Å²) >= 11 is 6.00. The molecule has 0 spiro atoms. The number of hydrogen-bond donors (Lipinski definition) is 0. The van der Waals surface area contributed by atoms with Crippen LogP contribution in [-0.4, -0.2) is 24.4 Å². The fourth-order valence-electron chi connectivity index (χ4n) is 1.72. The van der Waals surface area contributed by atoms with Crippen LogP contribution in [0.3, 0.4) is 0 Å². The van der Waals surface area contributed by atoms with Crippen LogP contribution in [0.4, 0.5) is 13.2 Å². The van der Waals surface area contributed by atoms with Gasteiger partial charge in [-0.25, -0.2) is 0 Å². The highest BCUT2D eigenvalue weighted by atomic mass is 35.5. The van der Waals surface area contributed by atoms with E-state index >= 15 is 0 Å². The lowest BCUT2D eigenvalue weighted by Crippen LogP contribution is -2.17. The van der Waals surface area contributed by atoms with Gasteiger partial charge in [0.2, 0.25) is 0 Å². The highest BCUT2D eigenvalue weighted by molar-refractivity contribution is 6.35. The first-order valence-corrected chi connectivity index (χ1v) is 6.08. The minimum Gasteiger partial charge on any atom is -0.469 e. The smallest absolute Gasteiger partial charge is 0.469 e. The van der Waals surface area contributed by atoms with Crippen LogP contribution >= 0.6 is 11.6 Å². The molecule has 8 heteroatoms. The Morgan fingerprint density at radius 2 is 2.05 bits per heavy atom. The molecule has 21 heavy (non-hydrogen) atoms. The zero-order chi connectivity index (χ0) is 15.6. The Labute approximate surface area is 122 Å². The number of carbonyl (C=O) groups is 1. The van der Waals surface area contributed by atoms with Crippen molar-refractivity contribution in [2.75, 3.05) is 7.11 Å². The summed E-state index contributed by atoms with van der Waals surface area (Å²) < 4.78 is 44.8. The zero-order valence-corrected chi connectivity index (χ0v) is 11.5. The summed E-state index contributed by atoms with van der Waals surface area (Å²) in [5.41, 5.74) is 0.722. The lowest BCUT2D eigenvalue weighted by atomic mass is 10.1. The summed E-state index contributed by atoms with van der Waals surface area (Å²) in [4.78, 5) is 15.3. The van der Waals surface area contributed by atoms with Crippen molar-refractivity contribution in [1.29, 1.82) is 0 Å². The number of halogens is 4. The molecule has 1 heterocycles. The lowest BCUT2D eigenvalue weighted by Gasteiger charge is -2.10. The second-order valence-electron chi connectivity index (χ2n) is 4.08. The Morgan fingerprint density at radius 3 is 2.67 bits per heavy atom. The molecule has 0 atom stereocenters. The van der Waals surface area contributed by atoms with Gasteiger partial charge < -0.3 is 9.47 Å². The number of rotatable bonds is 3. The van der Waals surface area contributed by atoms with Crippen LogP contribution in [0.2, 0.25) is 5.02 Å². The van der Waals surface area contributed by atoms with Crippen LogP contribution < -0.4 is 4.74 Å². The summed E-state index contributed by atoms with van der Waals surface area (Å²) in [6, 6.07) is 5.00. The number of fused-ring (bicyclic) bond motifs is 1. The van der Waals surface area contributed by atoms with E-state index in [1.54, 1.807) is 0 Å². The zero-order valence-electron chi connectivity index (χ0n) is 10.7. The molecule has 0 radical (unpaired) electrons. The van der Waals surface area contributed by atoms with Gasteiger partial charge in [-0.1, -0.05) is 11.6 Å². The molecule has 0 saturated carbocycles. The fourth-order valence-corrected chi connectivity index (χ4v) is 2.00. The maximum absolute atomic E-state index is 12.2. The van der Waals surface area contributed by atoms with Crippen molar-refractivity contribution in [3.05, 3.63) is 35.0 Å². The van der Waals surface area contributed by atoms with E-state index in [0.717, 1.165) is 12.1 Å². The first-order chi connectivity index (χ1) is 9.78. The molecule has 0 unspecified atom stereocenters. The number of ether oxygens (including phenoxy) is 2. The number of pyridine rings is 1. The quantitative estimate of drug-likeness (QED) is 0.812. The first kappa shape index (κ1) is 15.4. The molecule has 0 bridgehead atoms. The van der Waals surface area contributed by atoms with Crippen molar-refractivity contribution in [2.24, 2.45) is 0 Å². The van der Waals surface area contributed by atoms with Gasteiger partial charge >= 0.3 is 12.3 Å². The number of methoxy groups -OCH3 is 1. The van der Waals surface area contributed by atoms with Gasteiger partial charge in [0.1, 0.15) is 5.75 Å². The Morgan fingerprint density at radius 1 is 1.33 bits per heavy atom. The van der Waals surface area contributed by atoms with Crippen LogP contribution in [0, 0.1) is 0 Å². The second kappa shape index (κ2) is 5.77. The van der Waals surface area contributed by atoms with Gasteiger partial charge in [-0.2, -0.15) is 0 Å². The van der Waals surface area contributed by atoms with Crippen LogP contribution in [0.15, 0.2) is 24.3 Å². The van der Waals surface area contributed by atoms with Crippen LogP contribution in [0.25, 0.3) is 10.9 Å². The standard InChI is InChI=1S/C13H9ClF3NO3/c1-20-12(19)5-7-4-10(14)9-6-8(21-13(15,16)17)2-3-11(9)18-7/h2-4,6H,5H2,1H3. The van der Waals surface area contributed by atoms with E-state index in [4.69, 9.17) is 11.6 Å². The lowest BCUT2D eigenvalue weighted by molar-refractivity contribution is -0.274. The van der Waals surface area contributed by atoms with Crippen molar-refractivity contribution in [3.8, 4) is 5.75 Å². The van der Waals surface area contributed by atoms with E-state index in [-0.39, 0.29) is 17.2 Å². The predicted molar refractivity (Wildman–Crippen MR) is 69.2 cm³/mol. The molecule has 0 N–H and O–H groups in total. The van der Waals surface area contributed by atoms with Gasteiger partial charge in [-0.3, -0.25) is 9.78 Å². The van der Waals surface area contributed by atoms with Gasteiger partial charge in [0.15, 0.2) is 0 Å². The van der Waals surface area contributed by atoms with Gasteiger partial charge in [-0.15, -0.1) is 13.2 Å². The third kappa shape index (κ3) is 3.98. The van der Waals surface area contributed by atoms with Gasteiger partial charge in [0, 0.05) is 5.39 Å². The Kier molecular flexibility index (Phi) is 4.22. The Hall–Kier alpha value is -2.02. The van der Waals surface area contributed by atoms with E-state index in [1.807, 2.05) is 0 Å². The van der Waals surface area contributed by atoms with Gasteiger partial charge in [-0.05, 0) is 24.3 Å². The summed E-state index contributed by atoms with van der Waals surface area (Å²) in [6.45, 7) is 0. The van der Waals surface area contributed by atoms with E-state index in [9.17, 15) is 18.0 Å². The van der Waals surface area contributed by atoms with E-state index in [1.165, 1.54) is 19.2 Å². The number of alkyl halides is 3. The van der Waals surface area contributed by atoms with Crippen molar-refractivity contribution < 1.29 is 27.4 Å². The van der Waals surface area contributed by atoms with E-state index in [0.29, 0.717) is 16.6 Å². The molecular weight excluding hydrogens is 311 g/mol. The molecule has 0 saturated heterocycles. The highest BCUT2D eigenvalue weighted by Crippen LogP contribution is 2.30. The van der Waals surface area contributed by atoms with E-state index < -0.39 is 12.3 Å². The van der Waals surface area contributed by atoms with Crippen molar-refractivity contribution in [3.63, 3.8) is 0 Å². The topological polar surface area (TPSA) is 48.4 Å². The average Bonchev–Trinajstić information content (AvgIpc) is 2.37. The number of nitrogens with zero attached hydrogens (tertiary/aromatic N) is 1. The van der Waals surface area contributed by atoms with Crippen molar-refractivity contribution in [1.82, 2.24) is 4.98 Å². The number of carbonyl (C=O) groups excluding carboxylic acids is 1. The number of aromatic nitrogens is 1. The van der Waals surface area contributed by atoms with Crippen molar-refractivity contribution >= 4 is 28.5 Å².